The number of hydrogen-bond donors (Lipinski definition) is 2. The molecule has 1 aliphatic heterocycles. The lowest BCUT2D eigenvalue weighted by Gasteiger charge is -2.16. The number of nitrogens with one attached hydrogen (secondary N) is 2. The molecule has 1 aliphatic carbocycles. The Kier molecular flexibility index (Phi) is 2.52. The van der Waals surface area contributed by atoms with Gasteiger partial charge in [-0.1, -0.05) is 13.8 Å². The van der Waals surface area contributed by atoms with Gasteiger partial charge in [0.1, 0.15) is 0 Å². The Bertz CT molecular complexity index is 237. The molecular formula is C11H20N2O. The van der Waals surface area contributed by atoms with Crippen molar-refractivity contribution in [2.75, 3.05) is 6.54 Å². The molecule has 0 aromatic carbocycles. The van der Waals surface area contributed by atoms with E-state index in [0.717, 1.165) is 25.8 Å². The summed E-state index contributed by atoms with van der Waals surface area (Å²) >= 11 is 0. The third-order valence-corrected chi connectivity index (χ3v) is 3.45. The summed E-state index contributed by atoms with van der Waals surface area (Å²) in [5, 5.41) is 6.41. The van der Waals surface area contributed by atoms with E-state index in [9.17, 15) is 4.79 Å². The minimum Gasteiger partial charge on any atom is -0.355 e. The predicted octanol–water partition coefficient (Wildman–Crippen LogP) is 1.04. The fourth-order valence-corrected chi connectivity index (χ4v) is 2.09. The summed E-state index contributed by atoms with van der Waals surface area (Å²) in [6.07, 6.45) is 4.48. The lowest BCUT2D eigenvalue weighted by molar-refractivity contribution is -0.122. The van der Waals surface area contributed by atoms with E-state index >= 15 is 0 Å². The molecule has 2 rings (SSSR count). The van der Waals surface area contributed by atoms with Gasteiger partial charge in [0.25, 0.3) is 0 Å². The van der Waals surface area contributed by atoms with Crippen LogP contribution in [0.25, 0.3) is 0 Å². The van der Waals surface area contributed by atoms with E-state index in [4.69, 9.17) is 0 Å². The van der Waals surface area contributed by atoms with Crippen molar-refractivity contribution in [2.24, 2.45) is 5.41 Å². The van der Waals surface area contributed by atoms with E-state index in [1.54, 1.807) is 0 Å². The molecule has 0 radical (unpaired) electrons. The molecule has 0 spiro atoms. The fraction of sp³-hybridized carbons (Fsp3) is 0.909. The number of carbonyl (C=O) groups excluding carboxylic acids is 1. The molecule has 0 bridgehead atoms. The van der Waals surface area contributed by atoms with Crippen molar-refractivity contribution in [1.29, 1.82) is 0 Å². The van der Waals surface area contributed by atoms with Crippen LogP contribution in [0.2, 0.25) is 0 Å². The zero-order valence-electron chi connectivity index (χ0n) is 9.10. The molecule has 3 heteroatoms. The van der Waals surface area contributed by atoms with E-state index in [1.165, 1.54) is 6.42 Å². The lowest BCUT2D eigenvalue weighted by Crippen LogP contribution is -2.44. The van der Waals surface area contributed by atoms with E-state index in [2.05, 4.69) is 24.5 Å². The van der Waals surface area contributed by atoms with Gasteiger partial charge in [-0.15, -0.1) is 0 Å². The molecule has 2 atom stereocenters. The van der Waals surface area contributed by atoms with Crippen LogP contribution in [-0.4, -0.2) is 24.5 Å². The number of hydrogen-bond acceptors (Lipinski definition) is 2. The monoisotopic (exact) mass is 196 g/mol. The first kappa shape index (κ1) is 9.97. The average molecular weight is 196 g/mol. The Morgan fingerprint density at radius 2 is 2.14 bits per heavy atom. The van der Waals surface area contributed by atoms with Crippen LogP contribution in [-0.2, 0) is 4.79 Å². The summed E-state index contributed by atoms with van der Waals surface area (Å²) in [7, 11) is 0. The van der Waals surface area contributed by atoms with Crippen LogP contribution in [0, 0.1) is 5.41 Å². The minimum absolute atomic E-state index is 0.0595. The summed E-state index contributed by atoms with van der Waals surface area (Å²) < 4.78 is 0. The fourth-order valence-electron chi connectivity index (χ4n) is 2.09. The molecular weight excluding hydrogens is 176 g/mol. The van der Waals surface area contributed by atoms with Crippen LogP contribution in [0.3, 0.4) is 0 Å². The van der Waals surface area contributed by atoms with Crippen molar-refractivity contribution in [3.05, 3.63) is 0 Å². The van der Waals surface area contributed by atoms with Crippen LogP contribution in [0.1, 0.15) is 39.5 Å². The molecule has 1 heterocycles. The molecule has 0 aromatic heterocycles. The highest BCUT2D eigenvalue weighted by Gasteiger charge is 2.47. The van der Waals surface area contributed by atoms with E-state index in [0.29, 0.717) is 11.5 Å². The van der Waals surface area contributed by atoms with Gasteiger partial charge in [-0.25, -0.2) is 0 Å². The quantitative estimate of drug-likeness (QED) is 0.693. The summed E-state index contributed by atoms with van der Waals surface area (Å²) in [5.74, 6) is 0.199. The second-order valence-electron chi connectivity index (χ2n) is 5.25. The number of rotatable bonds is 2. The molecule has 2 N–H and O–H groups in total. The largest absolute Gasteiger partial charge is 0.355 e. The van der Waals surface area contributed by atoms with Gasteiger partial charge >= 0.3 is 0 Å². The highest BCUT2D eigenvalue weighted by Crippen LogP contribution is 2.44. The first-order chi connectivity index (χ1) is 6.59. The van der Waals surface area contributed by atoms with Gasteiger partial charge in [-0.05, 0) is 31.1 Å². The maximum atomic E-state index is 11.6. The first-order valence-corrected chi connectivity index (χ1v) is 5.63. The molecule has 1 saturated heterocycles. The molecule has 0 aromatic rings. The Labute approximate surface area is 85.6 Å². The number of amides is 1. The Hall–Kier alpha value is -0.570. The van der Waals surface area contributed by atoms with E-state index in [1.807, 2.05) is 0 Å². The van der Waals surface area contributed by atoms with Gasteiger partial charge in [0.05, 0.1) is 6.04 Å². The smallest absolute Gasteiger partial charge is 0.237 e. The van der Waals surface area contributed by atoms with Crippen LogP contribution < -0.4 is 10.6 Å². The van der Waals surface area contributed by atoms with Gasteiger partial charge in [-0.2, -0.15) is 0 Å². The normalized spacial score (nSPS) is 36.0. The number of carbonyl (C=O) groups is 1. The van der Waals surface area contributed by atoms with Gasteiger partial charge in [0, 0.05) is 12.6 Å². The second kappa shape index (κ2) is 3.54. The summed E-state index contributed by atoms with van der Waals surface area (Å²) in [6.45, 7) is 5.35. The molecule has 2 fully saturated rings. The van der Waals surface area contributed by atoms with Crippen molar-refractivity contribution in [3.63, 3.8) is 0 Å². The summed E-state index contributed by atoms with van der Waals surface area (Å²) in [5.41, 5.74) is 0.409. The van der Waals surface area contributed by atoms with Crippen LogP contribution >= 0.6 is 0 Å². The lowest BCUT2D eigenvalue weighted by atomic mass is 10.1. The molecule has 2 unspecified atom stereocenters. The van der Waals surface area contributed by atoms with Crippen molar-refractivity contribution in [2.45, 2.75) is 51.6 Å². The zero-order chi connectivity index (χ0) is 10.2. The Balaban J connectivity index is 1.86. The Morgan fingerprint density at radius 3 is 2.79 bits per heavy atom. The first-order valence-electron chi connectivity index (χ1n) is 5.63. The van der Waals surface area contributed by atoms with Gasteiger partial charge in [0.2, 0.25) is 5.91 Å². The van der Waals surface area contributed by atoms with Crippen molar-refractivity contribution >= 4 is 5.91 Å². The molecule has 2 aliphatic rings. The van der Waals surface area contributed by atoms with Crippen LogP contribution in [0.5, 0.6) is 0 Å². The average Bonchev–Trinajstić information content (AvgIpc) is 2.75. The molecule has 1 amide bonds. The highest BCUT2D eigenvalue weighted by atomic mass is 16.2. The third kappa shape index (κ3) is 2.08. The van der Waals surface area contributed by atoms with E-state index in [-0.39, 0.29) is 11.9 Å². The van der Waals surface area contributed by atoms with Crippen molar-refractivity contribution < 1.29 is 4.79 Å². The Morgan fingerprint density at radius 1 is 1.43 bits per heavy atom. The molecule has 80 valence electrons. The molecule has 1 saturated carbocycles. The van der Waals surface area contributed by atoms with E-state index < -0.39 is 0 Å². The predicted molar refractivity (Wildman–Crippen MR) is 56.0 cm³/mol. The third-order valence-electron chi connectivity index (χ3n) is 3.45. The van der Waals surface area contributed by atoms with Gasteiger partial charge in [0.15, 0.2) is 0 Å². The minimum atomic E-state index is 0.0595. The summed E-state index contributed by atoms with van der Waals surface area (Å²) in [4.78, 5) is 11.6. The molecule has 3 nitrogen and oxygen atoms in total. The maximum absolute atomic E-state index is 11.6. The topological polar surface area (TPSA) is 41.1 Å². The van der Waals surface area contributed by atoms with Gasteiger partial charge in [-0.3, -0.25) is 4.79 Å². The van der Waals surface area contributed by atoms with Crippen molar-refractivity contribution in [3.8, 4) is 0 Å². The molecule has 14 heavy (non-hydrogen) atoms. The SMILES string of the molecule is CC1(C)CC1NC1CCCCNC1=O. The van der Waals surface area contributed by atoms with Crippen LogP contribution in [0.15, 0.2) is 0 Å². The van der Waals surface area contributed by atoms with Gasteiger partial charge < -0.3 is 10.6 Å². The highest BCUT2D eigenvalue weighted by molar-refractivity contribution is 5.82. The van der Waals surface area contributed by atoms with Crippen molar-refractivity contribution in [1.82, 2.24) is 10.6 Å². The zero-order valence-corrected chi connectivity index (χ0v) is 9.10. The van der Waals surface area contributed by atoms with Crippen LogP contribution in [0.4, 0.5) is 0 Å². The second-order valence-corrected chi connectivity index (χ2v) is 5.25. The maximum Gasteiger partial charge on any atom is 0.237 e. The summed E-state index contributed by atoms with van der Waals surface area (Å²) in [6, 6.07) is 0.612. The standard InChI is InChI=1S/C11H20N2O/c1-11(2)7-9(11)13-8-5-3-4-6-12-10(8)14/h8-9,13H,3-7H2,1-2H3,(H,12,14).